The minimum atomic E-state index is 0.0362. The van der Waals surface area contributed by atoms with E-state index in [2.05, 4.69) is 16.8 Å². The van der Waals surface area contributed by atoms with Crippen LogP contribution < -0.4 is 10.6 Å². The molecule has 0 amide bonds. The van der Waals surface area contributed by atoms with Gasteiger partial charge in [-0.2, -0.15) is 0 Å². The zero-order valence-electron chi connectivity index (χ0n) is 11.9. The van der Waals surface area contributed by atoms with Crippen molar-refractivity contribution in [1.29, 1.82) is 5.41 Å². The maximum Gasteiger partial charge on any atom is 0.126 e. The Morgan fingerprint density at radius 1 is 1.40 bits per heavy atom. The van der Waals surface area contributed by atoms with Crippen LogP contribution in [0.3, 0.4) is 0 Å². The second kappa shape index (κ2) is 6.34. The van der Waals surface area contributed by atoms with E-state index in [0.717, 1.165) is 29.7 Å². The van der Waals surface area contributed by atoms with Crippen LogP contribution in [-0.2, 0) is 4.74 Å². The highest BCUT2D eigenvalue weighted by atomic mass is 16.5. The second-order valence-electron chi connectivity index (χ2n) is 4.52. The summed E-state index contributed by atoms with van der Waals surface area (Å²) >= 11 is 0. The standard InChI is InChI=1S/C15H20N4O/c1-3-19(8-9-20-2)14-11-6-4-5-7-13(11)18-10-12(14)15(16)17/h4-7,10H,3,8-9H2,1-2H3,(H3,16,17). The number of nitrogen functional groups attached to an aromatic ring is 1. The molecule has 5 heteroatoms. The number of pyridine rings is 1. The first-order valence-corrected chi connectivity index (χ1v) is 6.65. The molecule has 0 unspecified atom stereocenters. The van der Waals surface area contributed by atoms with E-state index in [1.54, 1.807) is 13.3 Å². The summed E-state index contributed by atoms with van der Waals surface area (Å²) in [6.45, 7) is 4.27. The van der Waals surface area contributed by atoms with Gasteiger partial charge in [0, 0.05) is 31.8 Å². The number of ether oxygens (including phenoxy) is 1. The van der Waals surface area contributed by atoms with E-state index in [-0.39, 0.29) is 5.84 Å². The fourth-order valence-corrected chi connectivity index (χ4v) is 2.29. The number of anilines is 1. The molecule has 2 aromatic rings. The molecular weight excluding hydrogens is 252 g/mol. The number of hydrogen-bond acceptors (Lipinski definition) is 4. The highest BCUT2D eigenvalue weighted by molar-refractivity contribution is 6.07. The smallest absolute Gasteiger partial charge is 0.126 e. The topological polar surface area (TPSA) is 75.2 Å². The van der Waals surface area contributed by atoms with Gasteiger partial charge in [-0.25, -0.2) is 0 Å². The van der Waals surface area contributed by atoms with Gasteiger partial charge in [-0.1, -0.05) is 18.2 Å². The molecule has 0 aliphatic carbocycles. The van der Waals surface area contributed by atoms with E-state index in [1.165, 1.54) is 0 Å². The van der Waals surface area contributed by atoms with Crippen LogP contribution in [0.15, 0.2) is 30.5 Å². The highest BCUT2D eigenvalue weighted by Gasteiger charge is 2.16. The fraction of sp³-hybridized carbons (Fsp3) is 0.333. The van der Waals surface area contributed by atoms with Crippen LogP contribution in [0.5, 0.6) is 0 Å². The van der Waals surface area contributed by atoms with Crippen LogP contribution in [-0.4, -0.2) is 37.6 Å². The normalized spacial score (nSPS) is 10.7. The molecule has 0 bridgehead atoms. The number of benzene rings is 1. The van der Waals surface area contributed by atoms with Crippen LogP contribution in [0.4, 0.5) is 5.69 Å². The van der Waals surface area contributed by atoms with Gasteiger partial charge in [-0.05, 0) is 13.0 Å². The molecule has 106 valence electrons. The summed E-state index contributed by atoms with van der Waals surface area (Å²) in [4.78, 5) is 6.55. The predicted octanol–water partition coefficient (Wildman–Crippen LogP) is 1.99. The fourth-order valence-electron chi connectivity index (χ4n) is 2.29. The van der Waals surface area contributed by atoms with Gasteiger partial charge in [-0.3, -0.25) is 10.4 Å². The van der Waals surface area contributed by atoms with Crippen molar-refractivity contribution in [3.8, 4) is 0 Å². The van der Waals surface area contributed by atoms with Gasteiger partial charge in [0.05, 0.1) is 23.4 Å². The van der Waals surface area contributed by atoms with Crippen molar-refractivity contribution in [3.63, 3.8) is 0 Å². The average Bonchev–Trinajstić information content (AvgIpc) is 2.47. The maximum absolute atomic E-state index is 7.78. The van der Waals surface area contributed by atoms with E-state index in [9.17, 15) is 0 Å². The lowest BCUT2D eigenvalue weighted by atomic mass is 10.1. The minimum Gasteiger partial charge on any atom is -0.384 e. The second-order valence-corrected chi connectivity index (χ2v) is 4.52. The average molecular weight is 272 g/mol. The van der Waals surface area contributed by atoms with E-state index >= 15 is 0 Å². The molecule has 1 aromatic heterocycles. The zero-order valence-corrected chi connectivity index (χ0v) is 11.9. The number of nitrogens with one attached hydrogen (secondary N) is 1. The Morgan fingerprint density at radius 2 is 2.15 bits per heavy atom. The van der Waals surface area contributed by atoms with Crippen LogP contribution >= 0.6 is 0 Å². The van der Waals surface area contributed by atoms with Crippen LogP contribution in [0.25, 0.3) is 10.9 Å². The van der Waals surface area contributed by atoms with Crippen molar-refractivity contribution in [2.75, 3.05) is 31.7 Å². The van der Waals surface area contributed by atoms with E-state index in [0.29, 0.717) is 12.2 Å². The Bertz CT molecular complexity index is 612. The lowest BCUT2D eigenvalue weighted by Gasteiger charge is -2.26. The highest BCUT2D eigenvalue weighted by Crippen LogP contribution is 2.29. The number of nitrogens with two attached hydrogens (primary N) is 1. The molecule has 0 saturated heterocycles. The van der Waals surface area contributed by atoms with Crippen molar-refractivity contribution in [1.82, 2.24) is 4.98 Å². The van der Waals surface area contributed by atoms with Crippen molar-refractivity contribution < 1.29 is 4.74 Å². The Balaban J connectivity index is 2.61. The molecule has 0 aliphatic heterocycles. The van der Waals surface area contributed by atoms with Crippen molar-refractivity contribution in [2.24, 2.45) is 5.73 Å². The Kier molecular flexibility index (Phi) is 4.53. The third-order valence-corrected chi connectivity index (χ3v) is 3.30. The Labute approximate surface area is 118 Å². The van der Waals surface area contributed by atoms with Crippen LogP contribution in [0.1, 0.15) is 12.5 Å². The number of rotatable bonds is 6. The van der Waals surface area contributed by atoms with Gasteiger partial charge in [0.15, 0.2) is 0 Å². The SMILES string of the molecule is CCN(CCOC)c1c(C(=N)N)cnc2ccccc12. The molecule has 20 heavy (non-hydrogen) atoms. The predicted molar refractivity (Wildman–Crippen MR) is 82.5 cm³/mol. The largest absolute Gasteiger partial charge is 0.384 e. The summed E-state index contributed by atoms with van der Waals surface area (Å²) < 4.78 is 5.17. The maximum atomic E-state index is 7.78. The third-order valence-electron chi connectivity index (χ3n) is 3.30. The number of methoxy groups -OCH3 is 1. The summed E-state index contributed by atoms with van der Waals surface area (Å²) in [6, 6.07) is 7.91. The first kappa shape index (κ1) is 14.3. The summed E-state index contributed by atoms with van der Waals surface area (Å²) in [7, 11) is 1.68. The number of hydrogen-bond donors (Lipinski definition) is 2. The Hall–Kier alpha value is -2.14. The zero-order chi connectivity index (χ0) is 14.5. The lowest BCUT2D eigenvalue weighted by molar-refractivity contribution is 0.205. The Morgan fingerprint density at radius 3 is 2.80 bits per heavy atom. The number of nitrogens with zero attached hydrogens (tertiary/aromatic N) is 2. The number of aromatic nitrogens is 1. The molecule has 5 nitrogen and oxygen atoms in total. The molecule has 0 saturated carbocycles. The van der Waals surface area contributed by atoms with Gasteiger partial charge >= 0.3 is 0 Å². The summed E-state index contributed by atoms with van der Waals surface area (Å²) in [6.07, 6.45) is 1.68. The monoisotopic (exact) mass is 272 g/mol. The molecule has 3 N–H and O–H groups in total. The summed E-state index contributed by atoms with van der Waals surface area (Å²) in [5.41, 5.74) is 8.25. The van der Waals surface area contributed by atoms with E-state index < -0.39 is 0 Å². The first-order valence-electron chi connectivity index (χ1n) is 6.65. The molecule has 1 aromatic carbocycles. The first-order chi connectivity index (χ1) is 9.69. The minimum absolute atomic E-state index is 0.0362. The quantitative estimate of drug-likeness (QED) is 0.623. The molecule has 1 heterocycles. The molecule has 0 spiro atoms. The number of amidine groups is 1. The summed E-state index contributed by atoms with van der Waals surface area (Å²) in [5.74, 6) is 0.0362. The van der Waals surface area contributed by atoms with Crippen molar-refractivity contribution in [2.45, 2.75) is 6.92 Å². The van der Waals surface area contributed by atoms with Gasteiger partial charge in [0.2, 0.25) is 0 Å². The number of likely N-dealkylation sites (N-methyl/N-ethyl adjacent to an activating group) is 1. The van der Waals surface area contributed by atoms with Crippen LogP contribution in [0, 0.1) is 5.41 Å². The van der Waals surface area contributed by atoms with Crippen molar-refractivity contribution >= 4 is 22.4 Å². The van der Waals surface area contributed by atoms with Gasteiger partial charge in [-0.15, -0.1) is 0 Å². The number of para-hydroxylation sites is 1. The third kappa shape index (κ3) is 2.72. The van der Waals surface area contributed by atoms with E-state index in [1.807, 2.05) is 24.3 Å². The molecule has 0 fully saturated rings. The van der Waals surface area contributed by atoms with Gasteiger partial charge in [0.1, 0.15) is 5.84 Å². The molecule has 0 aliphatic rings. The van der Waals surface area contributed by atoms with Crippen molar-refractivity contribution in [3.05, 3.63) is 36.0 Å². The molecule has 0 radical (unpaired) electrons. The molecular formula is C15H20N4O. The number of fused-ring (bicyclic) bond motifs is 1. The summed E-state index contributed by atoms with van der Waals surface area (Å²) in [5, 5.41) is 8.79. The van der Waals surface area contributed by atoms with Crippen LogP contribution in [0.2, 0.25) is 0 Å². The van der Waals surface area contributed by atoms with Gasteiger partial charge < -0.3 is 15.4 Å². The van der Waals surface area contributed by atoms with E-state index in [4.69, 9.17) is 15.9 Å². The molecule has 0 atom stereocenters. The lowest BCUT2D eigenvalue weighted by Crippen LogP contribution is -2.30. The van der Waals surface area contributed by atoms with Gasteiger partial charge in [0.25, 0.3) is 0 Å². The molecule has 2 rings (SSSR count).